The van der Waals surface area contributed by atoms with Crippen molar-refractivity contribution in [3.8, 4) is 5.69 Å². The van der Waals surface area contributed by atoms with E-state index < -0.39 is 0 Å². The molecule has 0 unspecified atom stereocenters. The van der Waals surface area contributed by atoms with Gasteiger partial charge < -0.3 is 9.88 Å². The van der Waals surface area contributed by atoms with Gasteiger partial charge in [-0.3, -0.25) is 4.79 Å². The molecule has 1 N–H and O–H groups in total. The highest BCUT2D eigenvalue weighted by molar-refractivity contribution is 5.97. The molecule has 0 spiro atoms. The lowest BCUT2D eigenvalue weighted by Gasteiger charge is -2.12. The summed E-state index contributed by atoms with van der Waals surface area (Å²) in [5.74, 6) is 0.431. The first-order valence-corrected chi connectivity index (χ1v) is 6.19. The van der Waals surface area contributed by atoms with E-state index in [1.807, 2.05) is 53.4 Å². The van der Waals surface area contributed by atoms with E-state index in [0.717, 1.165) is 5.69 Å². The molecule has 1 aromatic heterocycles. The van der Waals surface area contributed by atoms with Gasteiger partial charge in [-0.2, -0.15) is 0 Å². The zero-order chi connectivity index (χ0) is 13.0. The summed E-state index contributed by atoms with van der Waals surface area (Å²) in [5, 5.41) is 2.95. The van der Waals surface area contributed by atoms with Crippen molar-refractivity contribution in [3.63, 3.8) is 0 Å². The Morgan fingerprint density at radius 3 is 2.50 bits per heavy atom. The van der Waals surface area contributed by atoms with Gasteiger partial charge in [-0.15, -0.1) is 0 Å². The van der Waals surface area contributed by atoms with Crippen molar-refractivity contribution in [2.45, 2.75) is 13.8 Å². The van der Waals surface area contributed by atoms with Crippen LogP contribution in [0.5, 0.6) is 0 Å². The van der Waals surface area contributed by atoms with Crippen LogP contribution in [0.25, 0.3) is 5.69 Å². The van der Waals surface area contributed by atoms with E-state index in [-0.39, 0.29) is 5.91 Å². The van der Waals surface area contributed by atoms with Crippen molar-refractivity contribution >= 4 is 5.91 Å². The monoisotopic (exact) mass is 242 g/mol. The molecule has 2 aromatic rings. The summed E-state index contributed by atoms with van der Waals surface area (Å²) in [6.45, 7) is 4.86. The number of hydrogen-bond donors (Lipinski definition) is 1. The second-order valence-electron chi connectivity index (χ2n) is 4.71. The number of nitrogens with one attached hydrogen (secondary N) is 1. The first-order chi connectivity index (χ1) is 8.68. The molecule has 0 atom stereocenters. The van der Waals surface area contributed by atoms with Crippen molar-refractivity contribution in [1.82, 2.24) is 9.88 Å². The number of amides is 1. The van der Waals surface area contributed by atoms with Gasteiger partial charge in [-0.25, -0.2) is 0 Å². The summed E-state index contributed by atoms with van der Waals surface area (Å²) in [6, 6.07) is 11.5. The maximum Gasteiger partial charge on any atom is 0.253 e. The van der Waals surface area contributed by atoms with E-state index >= 15 is 0 Å². The average Bonchev–Trinajstić information content (AvgIpc) is 2.89. The van der Waals surface area contributed by atoms with Crippen LogP contribution >= 0.6 is 0 Å². The number of hydrogen-bond acceptors (Lipinski definition) is 1. The molecule has 3 heteroatoms. The molecular weight excluding hydrogens is 224 g/mol. The minimum Gasteiger partial charge on any atom is -0.352 e. The molecule has 0 aliphatic rings. The largest absolute Gasteiger partial charge is 0.352 e. The van der Waals surface area contributed by atoms with Crippen LogP contribution in [0.15, 0.2) is 48.8 Å². The number of carbonyl (C=O) groups is 1. The molecular formula is C15H18N2O. The Balaban J connectivity index is 2.25. The SMILES string of the molecule is CC(C)CNC(=O)c1ccccc1-n1cccc1. The van der Waals surface area contributed by atoms with Crippen LogP contribution in [0.2, 0.25) is 0 Å². The zero-order valence-electron chi connectivity index (χ0n) is 10.8. The van der Waals surface area contributed by atoms with E-state index in [1.165, 1.54) is 0 Å². The van der Waals surface area contributed by atoms with Gasteiger partial charge in [0, 0.05) is 18.9 Å². The quantitative estimate of drug-likeness (QED) is 0.879. The second-order valence-corrected chi connectivity index (χ2v) is 4.71. The number of benzene rings is 1. The summed E-state index contributed by atoms with van der Waals surface area (Å²) in [7, 11) is 0. The van der Waals surface area contributed by atoms with Crippen molar-refractivity contribution < 1.29 is 4.79 Å². The van der Waals surface area contributed by atoms with E-state index in [2.05, 4.69) is 19.2 Å². The first-order valence-electron chi connectivity index (χ1n) is 6.19. The highest BCUT2D eigenvalue weighted by atomic mass is 16.1. The molecule has 94 valence electrons. The zero-order valence-corrected chi connectivity index (χ0v) is 10.8. The third-order valence-corrected chi connectivity index (χ3v) is 2.70. The van der Waals surface area contributed by atoms with E-state index in [1.54, 1.807) is 0 Å². The Labute approximate surface area is 107 Å². The van der Waals surface area contributed by atoms with Crippen LogP contribution in [0, 0.1) is 5.92 Å². The molecule has 0 saturated heterocycles. The van der Waals surface area contributed by atoms with Gasteiger partial charge in [-0.05, 0) is 30.2 Å². The van der Waals surface area contributed by atoms with Crippen molar-refractivity contribution in [2.24, 2.45) is 5.92 Å². The summed E-state index contributed by atoms with van der Waals surface area (Å²) in [6.07, 6.45) is 3.88. The topological polar surface area (TPSA) is 34.0 Å². The molecule has 0 saturated carbocycles. The van der Waals surface area contributed by atoms with Gasteiger partial charge in [0.1, 0.15) is 0 Å². The van der Waals surface area contributed by atoms with Crippen LogP contribution < -0.4 is 5.32 Å². The van der Waals surface area contributed by atoms with Crippen molar-refractivity contribution in [1.29, 1.82) is 0 Å². The lowest BCUT2D eigenvalue weighted by Crippen LogP contribution is -2.28. The molecule has 3 nitrogen and oxygen atoms in total. The third kappa shape index (κ3) is 2.80. The van der Waals surface area contributed by atoms with Gasteiger partial charge in [0.15, 0.2) is 0 Å². The summed E-state index contributed by atoms with van der Waals surface area (Å²) in [4.78, 5) is 12.1. The normalized spacial score (nSPS) is 10.6. The van der Waals surface area contributed by atoms with Gasteiger partial charge in [0.25, 0.3) is 5.91 Å². The molecule has 0 bridgehead atoms. The van der Waals surface area contributed by atoms with Crippen LogP contribution in [0.4, 0.5) is 0 Å². The molecule has 0 fully saturated rings. The fourth-order valence-electron chi connectivity index (χ4n) is 1.78. The minimum atomic E-state index is -0.0204. The third-order valence-electron chi connectivity index (χ3n) is 2.70. The van der Waals surface area contributed by atoms with E-state index in [9.17, 15) is 4.79 Å². The lowest BCUT2D eigenvalue weighted by atomic mass is 10.1. The highest BCUT2D eigenvalue weighted by Crippen LogP contribution is 2.14. The van der Waals surface area contributed by atoms with Crippen molar-refractivity contribution in [3.05, 3.63) is 54.4 Å². The number of aromatic nitrogens is 1. The number of carbonyl (C=O) groups excluding carboxylic acids is 1. The first kappa shape index (κ1) is 12.4. The highest BCUT2D eigenvalue weighted by Gasteiger charge is 2.11. The Hall–Kier alpha value is -2.03. The molecule has 18 heavy (non-hydrogen) atoms. The molecule has 2 rings (SSSR count). The average molecular weight is 242 g/mol. The van der Waals surface area contributed by atoms with Crippen LogP contribution in [0.3, 0.4) is 0 Å². The molecule has 1 aromatic carbocycles. The standard InChI is InChI=1S/C15H18N2O/c1-12(2)11-16-15(18)13-7-3-4-8-14(13)17-9-5-6-10-17/h3-10,12H,11H2,1-2H3,(H,16,18). The predicted molar refractivity (Wildman–Crippen MR) is 72.9 cm³/mol. The smallest absolute Gasteiger partial charge is 0.253 e. The van der Waals surface area contributed by atoms with E-state index in [4.69, 9.17) is 0 Å². The Kier molecular flexibility index (Phi) is 3.82. The maximum absolute atomic E-state index is 12.1. The molecule has 1 amide bonds. The van der Waals surface area contributed by atoms with Gasteiger partial charge in [0.05, 0.1) is 11.3 Å². The predicted octanol–water partition coefficient (Wildman–Crippen LogP) is 2.86. The summed E-state index contributed by atoms with van der Waals surface area (Å²) in [5.41, 5.74) is 1.61. The fourth-order valence-corrected chi connectivity index (χ4v) is 1.78. The molecule has 0 aliphatic heterocycles. The van der Waals surface area contributed by atoms with Gasteiger partial charge in [0.2, 0.25) is 0 Å². The second kappa shape index (κ2) is 5.54. The minimum absolute atomic E-state index is 0.0204. The Bertz CT molecular complexity index is 515. The molecule has 0 radical (unpaired) electrons. The summed E-state index contributed by atoms with van der Waals surface area (Å²) < 4.78 is 1.95. The van der Waals surface area contributed by atoms with Crippen LogP contribution in [-0.2, 0) is 0 Å². The van der Waals surface area contributed by atoms with Crippen LogP contribution in [-0.4, -0.2) is 17.0 Å². The summed E-state index contributed by atoms with van der Waals surface area (Å²) >= 11 is 0. The lowest BCUT2D eigenvalue weighted by molar-refractivity contribution is 0.0949. The number of para-hydroxylation sites is 1. The fraction of sp³-hybridized carbons (Fsp3) is 0.267. The Morgan fingerprint density at radius 2 is 1.83 bits per heavy atom. The van der Waals surface area contributed by atoms with Crippen molar-refractivity contribution in [2.75, 3.05) is 6.54 Å². The molecule has 0 aliphatic carbocycles. The van der Waals surface area contributed by atoms with Gasteiger partial charge >= 0.3 is 0 Å². The Morgan fingerprint density at radius 1 is 1.17 bits per heavy atom. The van der Waals surface area contributed by atoms with E-state index in [0.29, 0.717) is 18.0 Å². The number of rotatable bonds is 4. The van der Waals surface area contributed by atoms with Crippen LogP contribution in [0.1, 0.15) is 24.2 Å². The maximum atomic E-state index is 12.1. The van der Waals surface area contributed by atoms with Gasteiger partial charge in [-0.1, -0.05) is 26.0 Å². The number of nitrogens with zero attached hydrogens (tertiary/aromatic N) is 1. The molecule has 1 heterocycles.